The van der Waals surface area contributed by atoms with Crippen LogP contribution in [0.15, 0.2) is 6.20 Å². The molecule has 1 aromatic heterocycles. The lowest BCUT2D eigenvalue weighted by molar-refractivity contribution is -0.384. The van der Waals surface area contributed by atoms with Gasteiger partial charge in [0.25, 0.3) is 0 Å². The van der Waals surface area contributed by atoms with Crippen LogP contribution in [0.4, 0.5) is 11.5 Å². The van der Waals surface area contributed by atoms with E-state index in [2.05, 4.69) is 9.97 Å². The second-order valence-electron chi connectivity index (χ2n) is 7.38. The van der Waals surface area contributed by atoms with Gasteiger partial charge in [-0.05, 0) is 36.8 Å². The fourth-order valence-electron chi connectivity index (χ4n) is 4.44. The van der Waals surface area contributed by atoms with E-state index in [9.17, 15) is 14.9 Å². The summed E-state index contributed by atoms with van der Waals surface area (Å²) in [6.45, 7) is 0. The van der Waals surface area contributed by atoms with Crippen LogP contribution >= 0.6 is 11.6 Å². The molecule has 8 nitrogen and oxygen atoms in total. The van der Waals surface area contributed by atoms with Crippen LogP contribution in [0.25, 0.3) is 0 Å². The molecule has 0 unspecified atom stereocenters. The number of ether oxygens (including phenoxy) is 1. The van der Waals surface area contributed by atoms with Crippen molar-refractivity contribution in [2.24, 2.45) is 5.92 Å². The molecule has 0 N–H and O–H groups in total. The van der Waals surface area contributed by atoms with Gasteiger partial charge in [0.15, 0.2) is 0 Å². The van der Waals surface area contributed by atoms with Crippen LogP contribution in [0.3, 0.4) is 0 Å². The Morgan fingerprint density at radius 2 is 1.96 bits per heavy atom. The number of carbonyl (C=O) groups is 1. The predicted molar refractivity (Wildman–Crippen MR) is 101 cm³/mol. The normalized spacial score (nSPS) is 19.2. The molecule has 2 aliphatic carbocycles. The van der Waals surface area contributed by atoms with E-state index in [0.717, 1.165) is 57.6 Å². The Morgan fingerprint density at radius 3 is 2.56 bits per heavy atom. The summed E-state index contributed by atoms with van der Waals surface area (Å²) >= 11 is 5.97. The van der Waals surface area contributed by atoms with Crippen molar-refractivity contribution in [3.8, 4) is 0 Å². The molecule has 0 spiro atoms. The molecule has 3 rings (SSSR count). The third kappa shape index (κ3) is 4.48. The van der Waals surface area contributed by atoms with E-state index in [1.165, 1.54) is 7.11 Å². The molecular formula is C18H25ClN4O4. The predicted octanol–water partition coefficient (Wildman–Crippen LogP) is 3.91. The van der Waals surface area contributed by atoms with E-state index in [1.807, 2.05) is 4.90 Å². The first-order valence-electron chi connectivity index (χ1n) is 9.54. The lowest BCUT2D eigenvalue weighted by atomic mass is 9.95. The standard InChI is InChI=1S/C18H25ClN4O4/c1-27-17(24)14(10-12-6-2-3-7-12)22(13-8-4-5-9-13)16-15(23(25)26)11-20-18(19)21-16/h11-14H,2-10H2,1H3/t14-/m1/s1. The van der Waals surface area contributed by atoms with Crippen LogP contribution < -0.4 is 4.90 Å². The first-order chi connectivity index (χ1) is 13.0. The third-order valence-corrected chi connectivity index (χ3v) is 5.90. The van der Waals surface area contributed by atoms with Crippen molar-refractivity contribution < 1.29 is 14.5 Å². The molecule has 2 fully saturated rings. The Kier molecular flexibility index (Phi) is 6.46. The van der Waals surface area contributed by atoms with E-state index in [-0.39, 0.29) is 28.8 Å². The fourth-order valence-corrected chi connectivity index (χ4v) is 4.57. The first kappa shape index (κ1) is 19.8. The van der Waals surface area contributed by atoms with Crippen LogP contribution in [0, 0.1) is 16.0 Å². The summed E-state index contributed by atoms with van der Waals surface area (Å²) in [5, 5.41) is 11.5. The molecule has 148 valence electrons. The summed E-state index contributed by atoms with van der Waals surface area (Å²) in [6.07, 6.45) is 9.93. The van der Waals surface area contributed by atoms with Gasteiger partial charge in [0.2, 0.25) is 11.1 Å². The summed E-state index contributed by atoms with van der Waals surface area (Å²) < 4.78 is 5.09. The smallest absolute Gasteiger partial charge is 0.329 e. The molecule has 1 aromatic rings. The van der Waals surface area contributed by atoms with Crippen LogP contribution in [-0.2, 0) is 9.53 Å². The van der Waals surface area contributed by atoms with Gasteiger partial charge >= 0.3 is 11.7 Å². The Bertz CT molecular complexity index is 690. The Labute approximate surface area is 163 Å². The third-order valence-electron chi connectivity index (χ3n) is 5.72. The number of hydrogen-bond acceptors (Lipinski definition) is 7. The number of methoxy groups -OCH3 is 1. The quantitative estimate of drug-likeness (QED) is 0.298. The molecule has 9 heteroatoms. The lowest BCUT2D eigenvalue weighted by Gasteiger charge is -2.36. The van der Waals surface area contributed by atoms with Crippen molar-refractivity contribution in [3.05, 3.63) is 21.6 Å². The zero-order valence-corrected chi connectivity index (χ0v) is 16.2. The maximum absolute atomic E-state index is 12.7. The van der Waals surface area contributed by atoms with Crippen molar-refractivity contribution in [1.29, 1.82) is 0 Å². The second-order valence-corrected chi connectivity index (χ2v) is 7.71. The number of esters is 1. The van der Waals surface area contributed by atoms with Gasteiger partial charge in [0.05, 0.1) is 12.0 Å². The summed E-state index contributed by atoms with van der Waals surface area (Å²) in [6, 6.07) is -0.606. The fraction of sp³-hybridized carbons (Fsp3) is 0.722. The van der Waals surface area contributed by atoms with E-state index < -0.39 is 11.0 Å². The number of aromatic nitrogens is 2. The number of rotatable bonds is 7. The van der Waals surface area contributed by atoms with Crippen molar-refractivity contribution in [3.63, 3.8) is 0 Å². The Balaban J connectivity index is 2.04. The zero-order chi connectivity index (χ0) is 19.4. The van der Waals surface area contributed by atoms with E-state index in [0.29, 0.717) is 12.3 Å². The van der Waals surface area contributed by atoms with Crippen LogP contribution in [-0.4, -0.2) is 40.1 Å². The van der Waals surface area contributed by atoms with Gasteiger partial charge < -0.3 is 9.64 Å². The molecule has 0 radical (unpaired) electrons. The molecule has 0 aromatic carbocycles. The molecule has 1 heterocycles. The summed E-state index contributed by atoms with van der Waals surface area (Å²) in [5.74, 6) is 0.160. The van der Waals surface area contributed by atoms with E-state index in [1.54, 1.807) is 0 Å². The van der Waals surface area contributed by atoms with Gasteiger partial charge in [0.1, 0.15) is 12.2 Å². The number of carbonyl (C=O) groups excluding carboxylic acids is 1. The molecule has 0 bridgehead atoms. The van der Waals surface area contributed by atoms with Gasteiger partial charge in [-0.3, -0.25) is 10.1 Å². The minimum absolute atomic E-state index is 0.000157. The highest BCUT2D eigenvalue weighted by molar-refractivity contribution is 6.28. The molecule has 2 aliphatic rings. The molecule has 2 saturated carbocycles. The van der Waals surface area contributed by atoms with Crippen molar-refractivity contribution in [2.75, 3.05) is 12.0 Å². The molecular weight excluding hydrogens is 372 g/mol. The number of anilines is 1. The maximum atomic E-state index is 12.7. The summed E-state index contributed by atoms with van der Waals surface area (Å²) in [5.41, 5.74) is -0.230. The molecule has 0 saturated heterocycles. The van der Waals surface area contributed by atoms with Crippen molar-refractivity contribution >= 4 is 29.1 Å². The lowest BCUT2D eigenvalue weighted by Crippen LogP contribution is -2.49. The highest BCUT2D eigenvalue weighted by atomic mass is 35.5. The van der Waals surface area contributed by atoms with Crippen molar-refractivity contribution in [1.82, 2.24) is 9.97 Å². The van der Waals surface area contributed by atoms with E-state index in [4.69, 9.17) is 16.3 Å². The van der Waals surface area contributed by atoms with Crippen LogP contribution in [0.2, 0.25) is 5.28 Å². The largest absolute Gasteiger partial charge is 0.467 e. The number of nitrogens with zero attached hydrogens (tertiary/aromatic N) is 4. The summed E-state index contributed by atoms with van der Waals surface area (Å²) in [4.78, 5) is 33.6. The van der Waals surface area contributed by atoms with Gasteiger partial charge in [-0.1, -0.05) is 38.5 Å². The Hall–Kier alpha value is -1.96. The average molecular weight is 397 g/mol. The van der Waals surface area contributed by atoms with Crippen molar-refractivity contribution in [2.45, 2.75) is 69.9 Å². The van der Waals surface area contributed by atoms with Gasteiger partial charge in [-0.2, -0.15) is 4.98 Å². The van der Waals surface area contributed by atoms with Gasteiger partial charge in [-0.25, -0.2) is 9.78 Å². The number of halogens is 1. The Morgan fingerprint density at radius 1 is 1.33 bits per heavy atom. The SMILES string of the molecule is COC(=O)[C@@H](CC1CCCC1)N(c1nc(Cl)ncc1[N+](=O)[O-])C1CCCC1. The molecule has 0 aliphatic heterocycles. The average Bonchev–Trinajstić information content (AvgIpc) is 3.34. The zero-order valence-electron chi connectivity index (χ0n) is 15.5. The topological polar surface area (TPSA) is 98.5 Å². The first-order valence-corrected chi connectivity index (χ1v) is 9.92. The highest BCUT2D eigenvalue weighted by Crippen LogP contribution is 2.38. The molecule has 27 heavy (non-hydrogen) atoms. The van der Waals surface area contributed by atoms with Crippen LogP contribution in [0.1, 0.15) is 57.8 Å². The summed E-state index contributed by atoms with van der Waals surface area (Å²) in [7, 11) is 1.36. The molecule has 0 amide bonds. The monoisotopic (exact) mass is 396 g/mol. The van der Waals surface area contributed by atoms with Crippen LogP contribution in [0.5, 0.6) is 0 Å². The number of nitro groups is 1. The minimum atomic E-state index is -0.606. The second kappa shape index (κ2) is 8.82. The highest BCUT2D eigenvalue weighted by Gasteiger charge is 2.40. The van der Waals surface area contributed by atoms with Gasteiger partial charge in [-0.15, -0.1) is 0 Å². The number of hydrogen-bond donors (Lipinski definition) is 0. The minimum Gasteiger partial charge on any atom is -0.467 e. The molecule has 1 atom stereocenters. The maximum Gasteiger partial charge on any atom is 0.329 e. The van der Waals surface area contributed by atoms with Gasteiger partial charge in [0, 0.05) is 6.04 Å². The van der Waals surface area contributed by atoms with E-state index >= 15 is 0 Å².